The highest BCUT2D eigenvalue weighted by atomic mass is 35.5. The molecule has 3 aromatic rings. The van der Waals surface area contributed by atoms with Gasteiger partial charge in [0.15, 0.2) is 0 Å². The van der Waals surface area contributed by atoms with Crippen LogP contribution in [0.15, 0.2) is 60.7 Å². The van der Waals surface area contributed by atoms with E-state index in [0.29, 0.717) is 36.5 Å². The Hall–Kier alpha value is -2.40. The van der Waals surface area contributed by atoms with Gasteiger partial charge in [-0.3, -0.25) is 4.79 Å². The molecular weight excluding hydrogens is 398 g/mol. The molecule has 30 heavy (non-hydrogen) atoms. The van der Waals surface area contributed by atoms with Gasteiger partial charge in [0.1, 0.15) is 0 Å². The molecule has 154 valence electrons. The second-order valence-electron chi connectivity index (χ2n) is 8.56. The summed E-state index contributed by atoms with van der Waals surface area (Å²) in [6, 6.07) is 19.7. The molecule has 0 bridgehead atoms. The average molecular weight is 422 g/mol. The summed E-state index contributed by atoms with van der Waals surface area (Å²) < 4.78 is 0. The summed E-state index contributed by atoms with van der Waals surface area (Å²) in [5.74, 6) is 0.540. The van der Waals surface area contributed by atoms with Crippen molar-refractivity contribution in [2.24, 2.45) is 11.8 Å². The van der Waals surface area contributed by atoms with Crippen LogP contribution in [0.2, 0.25) is 5.02 Å². The van der Waals surface area contributed by atoms with Crippen LogP contribution in [0.5, 0.6) is 0 Å². The number of aliphatic hydroxyl groups is 2. The van der Waals surface area contributed by atoms with E-state index in [1.165, 1.54) is 0 Å². The number of rotatable bonds is 2. The van der Waals surface area contributed by atoms with Gasteiger partial charge >= 0.3 is 0 Å². The van der Waals surface area contributed by atoms with Crippen molar-refractivity contribution in [1.29, 1.82) is 0 Å². The first-order valence-electron chi connectivity index (χ1n) is 10.4. The Balaban J connectivity index is 1.44. The lowest BCUT2D eigenvalue weighted by Crippen LogP contribution is -2.38. The van der Waals surface area contributed by atoms with Crippen molar-refractivity contribution in [2.75, 3.05) is 13.1 Å². The Bertz CT molecular complexity index is 1100. The van der Waals surface area contributed by atoms with Gasteiger partial charge in [-0.05, 0) is 59.2 Å². The fraction of sp³-hybridized carbons (Fsp3) is 0.320. The topological polar surface area (TPSA) is 60.8 Å². The second-order valence-corrected chi connectivity index (χ2v) is 8.96. The number of halogens is 1. The minimum absolute atomic E-state index is 0.0124. The predicted molar refractivity (Wildman–Crippen MR) is 119 cm³/mol. The maximum Gasteiger partial charge on any atom is 0.253 e. The van der Waals surface area contributed by atoms with Gasteiger partial charge in [0.2, 0.25) is 0 Å². The van der Waals surface area contributed by atoms with E-state index in [1.807, 2.05) is 65.6 Å². The van der Waals surface area contributed by atoms with Crippen LogP contribution >= 0.6 is 11.6 Å². The SMILES string of the molecule is O=C(c1ccc2c(-c3ccccc3Cl)cccc2c1)N1C[C@H]2C[C@H](O)[C@H](O)C[C@H]2C1. The van der Waals surface area contributed by atoms with Crippen LogP contribution in [-0.2, 0) is 0 Å². The van der Waals surface area contributed by atoms with Gasteiger partial charge in [-0.25, -0.2) is 0 Å². The summed E-state index contributed by atoms with van der Waals surface area (Å²) in [5.41, 5.74) is 2.69. The zero-order chi connectivity index (χ0) is 20.8. The molecule has 3 aromatic carbocycles. The molecule has 0 aromatic heterocycles. The van der Waals surface area contributed by atoms with E-state index in [0.717, 1.165) is 21.9 Å². The molecule has 5 rings (SSSR count). The summed E-state index contributed by atoms with van der Waals surface area (Å²) in [4.78, 5) is 15.1. The van der Waals surface area contributed by atoms with Crippen molar-refractivity contribution in [2.45, 2.75) is 25.0 Å². The van der Waals surface area contributed by atoms with Crippen molar-refractivity contribution in [3.63, 3.8) is 0 Å². The van der Waals surface area contributed by atoms with Gasteiger partial charge in [-0.2, -0.15) is 0 Å². The first kappa shape index (κ1) is 19.6. The van der Waals surface area contributed by atoms with Gasteiger partial charge in [0.05, 0.1) is 12.2 Å². The van der Waals surface area contributed by atoms with Crippen molar-refractivity contribution in [1.82, 2.24) is 4.90 Å². The molecule has 1 saturated carbocycles. The van der Waals surface area contributed by atoms with E-state index in [1.54, 1.807) is 0 Å². The summed E-state index contributed by atoms with van der Waals surface area (Å²) >= 11 is 6.41. The quantitative estimate of drug-likeness (QED) is 0.646. The predicted octanol–water partition coefficient (Wildman–Crippen LogP) is 4.36. The lowest BCUT2D eigenvalue weighted by molar-refractivity contribution is -0.0372. The number of amides is 1. The third kappa shape index (κ3) is 3.39. The van der Waals surface area contributed by atoms with Crippen LogP contribution in [0.4, 0.5) is 0 Å². The number of fused-ring (bicyclic) bond motifs is 2. The summed E-state index contributed by atoms with van der Waals surface area (Å²) in [6.45, 7) is 1.29. The van der Waals surface area contributed by atoms with Crippen molar-refractivity contribution < 1.29 is 15.0 Å². The Morgan fingerprint density at radius 1 is 0.867 bits per heavy atom. The number of carbonyl (C=O) groups is 1. The third-order valence-corrected chi connectivity index (χ3v) is 7.02. The molecule has 1 amide bonds. The lowest BCUT2D eigenvalue weighted by Gasteiger charge is -2.31. The average Bonchev–Trinajstić information content (AvgIpc) is 3.15. The Morgan fingerprint density at radius 3 is 2.23 bits per heavy atom. The zero-order valence-corrected chi connectivity index (χ0v) is 17.3. The van der Waals surface area contributed by atoms with Crippen LogP contribution in [0.3, 0.4) is 0 Å². The van der Waals surface area contributed by atoms with Crippen LogP contribution in [0.1, 0.15) is 23.2 Å². The molecule has 2 fully saturated rings. The van der Waals surface area contributed by atoms with Gasteiger partial charge in [-0.15, -0.1) is 0 Å². The van der Waals surface area contributed by atoms with Crippen molar-refractivity contribution in [3.8, 4) is 11.1 Å². The number of benzene rings is 3. The van der Waals surface area contributed by atoms with E-state index in [4.69, 9.17) is 11.6 Å². The molecule has 1 heterocycles. The number of hydrogen-bond acceptors (Lipinski definition) is 3. The molecule has 1 aliphatic heterocycles. The molecule has 0 spiro atoms. The van der Waals surface area contributed by atoms with Crippen LogP contribution < -0.4 is 0 Å². The van der Waals surface area contributed by atoms with Gasteiger partial charge in [0.25, 0.3) is 5.91 Å². The largest absolute Gasteiger partial charge is 0.390 e. The van der Waals surface area contributed by atoms with E-state index in [9.17, 15) is 15.0 Å². The maximum absolute atomic E-state index is 13.2. The molecule has 1 saturated heterocycles. The number of aliphatic hydroxyl groups excluding tert-OH is 2. The standard InChI is InChI=1S/C25H24ClNO3/c26-22-7-2-1-5-21(22)20-6-3-4-15-10-16(8-9-19(15)20)25(30)27-13-17-11-23(28)24(29)12-18(17)14-27/h1-10,17-18,23-24,28-29H,11-14H2/t17-,18+,23+,24-. The lowest BCUT2D eigenvalue weighted by atomic mass is 9.79. The highest BCUT2D eigenvalue weighted by molar-refractivity contribution is 6.33. The number of carbonyl (C=O) groups excluding carboxylic acids is 1. The van der Waals surface area contributed by atoms with Crippen LogP contribution in [0, 0.1) is 11.8 Å². The molecule has 2 N–H and O–H groups in total. The third-order valence-electron chi connectivity index (χ3n) is 6.69. The first-order valence-corrected chi connectivity index (χ1v) is 10.8. The molecule has 4 atom stereocenters. The van der Waals surface area contributed by atoms with Crippen LogP contribution in [0.25, 0.3) is 21.9 Å². The monoisotopic (exact) mass is 421 g/mol. The van der Waals surface area contributed by atoms with E-state index in [2.05, 4.69) is 0 Å². The number of hydrogen-bond donors (Lipinski definition) is 2. The number of nitrogens with zero attached hydrogens (tertiary/aromatic N) is 1. The van der Waals surface area contributed by atoms with Gasteiger partial charge in [0, 0.05) is 29.2 Å². The van der Waals surface area contributed by atoms with Crippen molar-refractivity contribution >= 4 is 28.3 Å². The summed E-state index contributed by atoms with van der Waals surface area (Å²) in [5, 5.41) is 22.7. The Kier molecular flexibility index (Phi) is 5.02. The van der Waals surface area contributed by atoms with E-state index >= 15 is 0 Å². The van der Waals surface area contributed by atoms with E-state index < -0.39 is 12.2 Å². The first-order chi connectivity index (χ1) is 14.5. The molecule has 4 nitrogen and oxygen atoms in total. The minimum Gasteiger partial charge on any atom is -0.390 e. The van der Waals surface area contributed by atoms with Crippen LogP contribution in [-0.4, -0.2) is 46.3 Å². The Morgan fingerprint density at radius 2 is 1.53 bits per heavy atom. The minimum atomic E-state index is -0.676. The molecular formula is C25H24ClNO3. The smallest absolute Gasteiger partial charge is 0.253 e. The van der Waals surface area contributed by atoms with Crippen molar-refractivity contribution in [3.05, 3.63) is 71.2 Å². The fourth-order valence-electron chi connectivity index (χ4n) is 5.09. The zero-order valence-electron chi connectivity index (χ0n) is 16.5. The maximum atomic E-state index is 13.2. The van der Waals surface area contributed by atoms with E-state index in [-0.39, 0.29) is 17.7 Å². The number of likely N-dealkylation sites (tertiary alicyclic amines) is 1. The summed E-state index contributed by atoms with van der Waals surface area (Å²) in [7, 11) is 0. The highest BCUT2D eigenvalue weighted by Crippen LogP contribution is 2.38. The fourth-order valence-corrected chi connectivity index (χ4v) is 5.32. The second kappa shape index (κ2) is 7.69. The normalized spacial score (nSPS) is 26.0. The molecule has 2 aliphatic rings. The highest BCUT2D eigenvalue weighted by Gasteiger charge is 2.42. The molecule has 0 radical (unpaired) electrons. The Labute approximate surface area is 180 Å². The van der Waals surface area contributed by atoms with Gasteiger partial charge in [-0.1, -0.05) is 54.1 Å². The van der Waals surface area contributed by atoms with Gasteiger partial charge < -0.3 is 15.1 Å². The molecule has 0 unspecified atom stereocenters. The summed E-state index contributed by atoms with van der Waals surface area (Å²) in [6.07, 6.45) is -0.223. The molecule has 5 heteroatoms. The molecule has 1 aliphatic carbocycles.